The summed E-state index contributed by atoms with van der Waals surface area (Å²) in [6, 6.07) is 33.3. The summed E-state index contributed by atoms with van der Waals surface area (Å²) in [5, 5.41) is 8.32. The molecule has 3 N–H and O–H groups in total. The van der Waals surface area contributed by atoms with Gasteiger partial charge in [-0.15, -0.1) is 0 Å². The van der Waals surface area contributed by atoms with E-state index < -0.39 is 30.0 Å². The fourth-order valence-corrected chi connectivity index (χ4v) is 11.4. The number of rotatable bonds is 18. The second-order valence-corrected chi connectivity index (χ2v) is 21.5. The lowest BCUT2D eigenvalue weighted by Gasteiger charge is -2.24. The number of nitrogens with one attached hydrogen (secondary N) is 3. The molecule has 5 aliphatic heterocycles. The van der Waals surface area contributed by atoms with Gasteiger partial charge in [-0.3, -0.25) is 29.2 Å². The molecule has 0 saturated heterocycles. The number of fused-ring (bicyclic) bond motifs is 8. The normalized spacial score (nSPS) is 17.5. The molecule has 19 heteroatoms. The van der Waals surface area contributed by atoms with Crippen LogP contribution in [-0.2, 0) is 14.3 Å². The van der Waals surface area contributed by atoms with Gasteiger partial charge in [-0.1, -0.05) is 80.6 Å². The molecule has 5 amide bonds. The molecular weight excluding hydrogens is 1070 g/mol. The van der Waals surface area contributed by atoms with Gasteiger partial charge < -0.3 is 58.9 Å². The Morgan fingerprint density at radius 3 is 1.74 bits per heavy atom. The summed E-state index contributed by atoms with van der Waals surface area (Å²) in [6.07, 6.45) is 8.06. The van der Waals surface area contributed by atoms with Crippen molar-refractivity contribution in [2.75, 3.05) is 46.1 Å². The third-order valence-corrected chi connectivity index (χ3v) is 15.8. The average Bonchev–Trinajstić information content (AvgIpc) is 2.66. The quantitative estimate of drug-likeness (QED) is 0.0685. The Hall–Kier alpha value is -9.91. The summed E-state index contributed by atoms with van der Waals surface area (Å²) < 4.78 is 40.5. The highest BCUT2D eigenvalue weighted by atomic mass is 16.7. The molecule has 6 aliphatic rings. The molecular formula is C65H61N7O12. The van der Waals surface area contributed by atoms with E-state index in [-0.39, 0.29) is 62.3 Å². The molecule has 6 aromatic carbocycles. The van der Waals surface area contributed by atoms with Crippen LogP contribution < -0.4 is 44.4 Å². The van der Waals surface area contributed by atoms with Gasteiger partial charge in [0.25, 0.3) is 11.8 Å². The molecule has 0 spiro atoms. The van der Waals surface area contributed by atoms with Crippen LogP contribution in [0.15, 0.2) is 138 Å². The zero-order chi connectivity index (χ0) is 58.2. The number of hydrogen-bond acceptors (Lipinski definition) is 14. The van der Waals surface area contributed by atoms with E-state index in [1.54, 1.807) is 79.4 Å². The van der Waals surface area contributed by atoms with Crippen molar-refractivity contribution in [2.45, 2.75) is 70.1 Å². The van der Waals surface area contributed by atoms with Crippen LogP contribution in [0.4, 0.5) is 21.9 Å². The Balaban J connectivity index is 0.616. The number of carbonyl (C=O) groups excluding carboxylic acids is 5. The molecule has 0 aromatic heterocycles. The van der Waals surface area contributed by atoms with Crippen LogP contribution in [0, 0.1) is 5.92 Å². The first kappa shape index (κ1) is 54.7. The van der Waals surface area contributed by atoms with Crippen LogP contribution in [0.1, 0.15) is 88.9 Å². The van der Waals surface area contributed by atoms with Gasteiger partial charge in [0.15, 0.2) is 34.5 Å². The summed E-state index contributed by atoms with van der Waals surface area (Å²) in [6.45, 7) is 5.96. The van der Waals surface area contributed by atoms with Gasteiger partial charge in [-0.25, -0.2) is 4.79 Å². The molecule has 1 aliphatic carbocycles. The maximum atomic E-state index is 14.2. The van der Waals surface area contributed by atoms with Gasteiger partial charge >= 0.3 is 6.09 Å². The number of benzene rings is 6. The van der Waals surface area contributed by atoms with Crippen LogP contribution >= 0.6 is 0 Å². The lowest BCUT2D eigenvalue weighted by Crippen LogP contribution is -2.53. The molecule has 4 atom stereocenters. The Morgan fingerprint density at radius 1 is 0.619 bits per heavy atom. The molecule has 0 radical (unpaired) electrons. The Kier molecular flexibility index (Phi) is 15.1. The first-order valence-electron chi connectivity index (χ1n) is 27.9. The minimum Gasteiger partial charge on any atom is -0.493 e. The van der Waals surface area contributed by atoms with Crippen LogP contribution in [0.25, 0.3) is 22.3 Å². The van der Waals surface area contributed by atoms with Crippen molar-refractivity contribution in [3.8, 4) is 45.6 Å². The second-order valence-electron chi connectivity index (χ2n) is 21.5. The zero-order valence-corrected chi connectivity index (χ0v) is 46.9. The molecule has 1 unspecified atom stereocenters. The minimum absolute atomic E-state index is 0.0990. The predicted octanol–water partition coefficient (Wildman–Crippen LogP) is 10.2. The van der Waals surface area contributed by atoms with Crippen molar-refractivity contribution in [2.24, 2.45) is 15.9 Å². The van der Waals surface area contributed by atoms with Crippen molar-refractivity contribution in [1.29, 1.82) is 0 Å². The Morgan fingerprint density at radius 2 is 1.17 bits per heavy atom. The monoisotopic (exact) mass is 1130 g/mol. The number of anilines is 1. The van der Waals surface area contributed by atoms with Gasteiger partial charge in [0.1, 0.15) is 18.7 Å². The lowest BCUT2D eigenvalue weighted by molar-refractivity contribution is -0.128. The van der Waals surface area contributed by atoms with Gasteiger partial charge in [0, 0.05) is 67.8 Å². The van der Waals surface area contributed by atoms with E-state index in [1.165, 1.54) is 14.2 Å². The number of ether oxygens (including phenoxy) is 7. The largest absolute Gasteiger partial charge is 0.493 e. The smallest absolute Gasteiger partial charge is 0.407 e. The zero-order valence-electron chi connectivity index (χ0n) is 46.9. The average molecular weight is 1130 g/mol. The summed E-state index contributed by atoms with van der Waals surface area (Å²) in [5.41, 5.74) is 10.2. The Bertz CT molecular complexity index is 3710. The van der Waals surface area contributed by atoms with Gasteiger partial charge in [-0.05, 0) is 93.8 Å². The fraction of sp³-hybridized carbons (Fsp3) is 0.277. The maximum Gasteiger partial charge on any atom is 0.407 e. The number of carbonyl (C=O) groups is 5. The highest BCUT2D eigenvalue weighted by Crippen LogP contribution is 2.46. The second kappa shape index (κ2) is 23.2. The molecule has 0 bridgehead atoms. The number of amides is 5. The molecule has 12 rings (SSSR count). The van der Waals surface area contributed by atoms with Crippen LogP contribution in [0.3, 0.4) is 0 Å². The topological polar surface area (TPSA) is 217 Å². The predicted molar refractivity (Wildman–Crippen MR) is 315 cm³/mol. The molecule has 428 valence electrons. The van der Waals surface area contributed by atoms with Crippen LogP contribution in [0.2, 0.25) is 0 Å². The number of hydrogen-bond donors (Lipinski definition) is 3. The summed E-state index contributed by atoms with van der Waals surface area (Å²) in [4.78, 5) is 81.0. The van der Waals surface area contributed by atoms with Crippen molar-refractivity contribution in [3.63, 3.8) is 0 Å². The molecule has 0 saturated carbocycles. The van der Waals surface area contributed by atoms with Crippen LogP contribution in [0.5, 0.6) is 34.5 Å². The SMILES string of the molecule is COc1cc2c(cc1OCCCOc1cc3c(cc1OC)C(=O)N1C=C(c4ccc(NC(=O)[C@H](C)NC(=O)[C@@H](NC(=O)OCC5c6ccccc6-c6ccccc65)C(C)C)cc4)C[C@H]1C=N3)N=CC1CC(c3ccc4c(c3)OCO4)=CN1C2=O. The minimum atomic E-state index is -0.957. The van der Waals surface area contributed by atoms with Crippen molar-refractivity contribution < 1.29 is 57.1 Å². The van der Waals surface area contributed by atoms with Gasteiger partial charge in [0.2, 0.25) is 18.6 Å². The van der Waals surface area contributed by atoms with Crippen molar-refractivity contribution in [1.82, 2.24) is 20.4 Å². The number of alkyl carbamates (subject to hydrolysis) is 1. The molecule has 0 fully saturated rings. The van der Waals surface area contributed by atoms with E-state index in [0.717, 1.165) is 44.5 Å². The van der Waals surface area contributed by atoms with Crippen molar-refractivity contribution in [3.05, 3.63) is 161 Å². The van der Waals surface area contributed by atoms with Crippen LogP contribution in [-0.4, -0.2) is 117 Å². The van der Waals surface area contributed by atoms with Gasteiger partial charge in [0.05, 0.1) is 62.0 Å². The highest BCUT2D eigenvalue weighted by molar-refractivity contribution is 6.07. The molecule has 19 nitrogen and oxygen atoms in total. The molecule has 5 heterocycles. The van der Waals surface area contributed by atoms with E-state index in [0.29, 0.717) is 81.9 Å². The first-order valence-corrected chi connectivity index (χ1v) is 27.9. The van der Waals surface area contributed by atoms with Gasteiger partial charge in [-0.2, -0.15) is 0 Å². The fourth-order valence-electron chi connectivity index (χ4n) is 11.4. The highest BCUT2D eigenvalue weighted by Gasteiger charge is 2.37. The number of methoxy groups -OCH3 is 2. The first-order chi connectivity index (χ1) is 40.8. The van der Waals surface area contributed by atoms with E-state index in [4.69, 9.17) is 43.1 Å². The van der Waals surface area contributed by atoms with E-state index in [2.05, 4.69) is 28.1 Å². The lowest BCUT2D eigenvalue weighted by atomic mass is 9.98. The molecule has 84 heavy (non-hydrogen) atoms. The Labute approximate surface area is 484 Å². The molecule has 6 aromatic rings. The number of nitrogens with zero attached hydrogens (tertiary/aromatic N) is 4. The van der Waals surface area contributed by atoms with E-state index in [9.17, 15) is 24.0 Å². The van der Waals surface area contributed by atoms with E-state index in [1.807, 2.05) is 79.1 Å². The standard InChI is InChI=1S/C65H61N7O12/c1-36(2)60(70-65(77)82-34-51-47-13-8-6-11-45(47)46-12-7-9-14-48(46)51)62(74)68-37(3)61(73)69-42-18-15-38(16-19-42)40-23-43-30-66-52-28-58(55(78-4)26-49(52)63(75)71(43)32-40)80-21-10-22-81-59-29-53-50(27-56(59)79-5)64(76)72-33-41(24-44(72)31-67-53)39-17-20-54-57(25-39)84-35-83-54/h6-9,11-20,25-33,36-37,43-44,51,60H,10,21-24,34-35H2,1-5H3,(H,68,74)(H,69,73)(H,70,77)/t37-,43-,44?,60-/m0/s1. The number of aliphatic imine (C=N–C) groups is 2. The third-order valence-electron chi connectivity index (χ3n) is 15.8. The van der Waals surface area contributed by atoms with E-state index >= 15 is 0 Å². The summed E-state index contributed by atoms with van der Waals surface area (Å²) in [7, 11) is 3.03. The van der Waals surface area contributed by atoms with Crippen molar-refractivity contribution >= 4 is 70.4 Å². The maximum absolute atomic E-state index is 14.2. The third kappa shape index (κ3) is 10.8. The summed E-state index contributed by atoms with van der Waals surface area (Å²) in [5.74, 6) is 1.12. The summed E-state index contributed by atoms with van der Waals surface area (Å²) >= 11 is 0.